The van der Waals surface area contributed by atoms with Crippen molar-refractivity contribution in [2.45, 2.75) is 19.6 Å². The molecule has 19 heavy (non-hydrogen) atoms. The van der Waals surface area contributed by atoms with Crippen molar-refractivity contribution in [3.63, 3.8) is 0 Å². The Morgan fingerprint density at radius 1 is 1.53 bits per heavy atom. The number of hydrogen-bond acceptors (Lipinski definition) is 4. The molecule has 1 aromatic carbocycles. The van der Waals surface area contributed by atoms with Gasteiger partial charge in [0.15, 0.2) is 0 Å². The Morgan fingerprint density at radius 2 is 2.37 bits per heavy atom. The summed E-state index contributed by atoms with van der Waals surface area (Å²) in [5, 5.41) is 13.7. The first kappa shape index (κ1) is 14.6. The minimum atomic E-state index is 0.218. The number of phenols is 1. The second-order valence-corrected chi connectivity index (χ2v) is 5.23. The molecular formula is C14H21ClN2O2. The van der Waals surface area contributed by atoms with E-state index in [0.29, 0.717) is 11.6 Å². The van der Waals surface area contributed by atoms with Crippen LogP contribution in [0.4, 0.5) is 0 Å². The zero-order valence-corrected chi connectivity index (χ0v) is 12.0. The van der Waals surface area contributed by atoms with E-state index >= 15 is 0 Å². The lowest BCUT2D eigenvalue weighted by atomic mass is 10.2. The van der Waals surface area contributed by atoms with E-state index in [2.05, 4.69) is 17.1 Å². The molecule has 2 rings (SSSR count). The van der Waals surface area contributed by atoms with Crippen LogP contribution in [0.25, 0.3) is 0 Å². The molecule has 1 aliphatic heterocycles. The summed E-state index contributed by atoms with van der Waals surface area (Å²) >= 11 is 5.91. The van der Waals surface area contributed by atoms with E-state index in [0.717, 1.165) is 38.3 Å². The molecule has 1 fully saturated rings. The quantitative estimate of drug-likeness (QED) is 0.866. The summed E-state index contributed by atoms with van der Waals surface area (Å²) in [7, 11) is 0. The van der Waals surface area contributed by atoms with Crippen molar-refractivity contribution in [2.24, 2.45) is 0 Å². The van der Waals surface area contributed by atoms with Gasteiger partial charge in [0.05, 0.1) is 12.7 Å². The van der Waals surface area contributed by atoms with Gasteiger partial charge in [-0.15, -0.1) is 0 Å². The van der Waals surface area contributed by atoms with Crippen molar-refractivity contribution in [3.05, 3.63) is 28.8 Å². The molecule has 5 heteroatoms. The number of phenolic OH excluding ortho intramolecular Hbond substituents is 1. The highest BCUT2D eigenvalue weighted by Gasteiger charge is 2.18. The first-order valence-corrected chi connectivity index (χ1v) is 7.09. The van der Waals surface area contributed by atoms with Gasteiger partial charge in [0, 0.05) is 36.8 Å². The third-order valence-corrected chi connectivity index (χ3v) is 3.63. The molecule has 0 aromatic heterocycles. The van der Waals surface area contributed by atoms with Crippen molar-refractivity contribution in [1.29, 1.82) is 0 Å². The van der Waals surface area contributed by atoms with Crippen LogP contribution in [0.2, 0.25) is 5.02 Å². The molecule has 0 radical (unpaired) electrons. The molecule has 2 N–H and O–H groups in total. The van der Waals surface area contributed by atoms with Gasteiger partial charge in [0.25, 0.3) is 0 Å². The van der Waals surface area contributed by atoms with Gasteiger partial charge in [-0.2, -0.15) is 0 Å². The fourth-order valence-electron chi connectivity index (χ4n) is 2.25. The fraction of sp³-hybridized carbons (Fsp3) is 0.571. The van der Waals surface area contributed by atoms with E-state index < -0.39 is 0 Å². The van der Waals surface area contributed by atoms with E-state index in [4.69, 9.17) is 16.3 Å². The molecule has 0 amide bonds. The molecule has 106 valence electrons. The summed E-state index contributed by atoms with van der Waals surface area (Å²) < 4.78 is 5.71. The second-order valence-electron chi connectivity index (χ2n) is 4.79. The number of benzene rings is 1. The molecule has 0 saturated carbocycles. The van der Waals surface area contributed by atoms with Gasteiger partial charge in [-0.3, -0.25) is 4.90 Å². The zero-order valence-electron chi connectivity index (χ0n) is 11.2. The van der Waals surface area contributed by atoms with Crippen LogP contribution in [-0.4, -0.2) is 48.9 Å². The number of likely N-dealkylation sites (N-methyl/N-ethyl adjacent to an activating group) is 1. The zero-order chi connectivity index (χ0) is 13.7. The minimum absolute atomic E-state index is 0.218. The Labute approximate surface area is 119 Å². The lowest BCUT2D eigenvalue weighted by Crippen LogP contribution is -2.46. The molecule has 1 atom stereocenters. The molecule has 1 aromatic rings. The minimum Gasteiger partial charge on any atom is -0.508 e. The first-order chi connectivity index (χ1) is 9.19. The van der Waals surface area contributed by atoms with Crippen LogP contribution in [-0.2, 0) is 11.3 Å². The normalized spacial score (nSPS) is 20.6. The Balaban J connectivity index is 1.78. The number of nitrogens with zero attached hydrogens (tertiary/aromatic N) is 1. The van der Waals surface area contributed by atoms with Gasteiger partial charge >= 0.3 is 0 Å². The van der Waals surface area contributed by atoms with Crippen LogP contribution < -0.4 is 5.32 Å². The van der Waals surface area contributed by atoms with Gasteiger partial charge in [0.1, 0.15) is 5.75 Å². The maximum atomic E-state index is 9.71. The van der Waals surface area contributed by atoms with Crippen LogP contribution in [0, 0.1) is 0 Å². The maximum Gasteiger partial charge on any atom is 0.120 e. The molecule has 0 bridgehead atoms. The monoisotopic (exact) mass is 284 g/mol. The Kier molecular flexibility index (Phi) is 5.45. The SMILES string of the molecule is CCN1CCOC(CNCc2cc(Cl)ccc2O)C1. The predicted octanol–water partition coefficient (Wildman–Crippen LogP) is 1.86. The van der Waals surface area contributed by atoms with E-state index in [1.807, 2.05) is 0 Å². The summed E-state index contributed by atoms with van der Waals surface area (Å²) in [6, 6.07) is 5.09. The molecular weight excluding hydrogens is 264 g/mol. The number of halogens is 1. The molecule has 0 spiro atoms. The lowest BCUT2D eigenvalue weighted by molar-refractivity contribution is -0.0253. The second kappa shape index (κ2) is 7.10. The smallest absolute Gasteiger partial charge is 0.120 e. The third kappa shape index (κ3) is 4.35. The van der Waals surface area contributed by atoms with Crippen LogP contribution in [0.5, 0.6) is 5.75 Å². The molecule has 1 saturated heterocycles. The van der Waals surface area contributed by atoms with E-state index in [1.165, 1.54) is 0 Å². The Morgan fingerprint density at radius 3 is 3.16 bits per heavy atom. The van der Waals surface area contributed by atoms with E-state index in [9.17, 15) is 5.11 Å². The summed E-state index contributed by atoms with van der Waals surface area (Å²) in [4.78, 5) is 2.38. The van der Waals surface area contributed by atoms with Crippen molar-refractivity contribution in [2.75, 3.05) is 32.8 Å². The Hall–Kier alpha value is -0.810. The van der Waals surface area contributed by atoms with Crippen LogP contribution >= 0.6 is 11.6 Å². The fourth-order valence-corrected chi connectivity index (χ4v) is 2.45. The van der Waals surface area contributed by atoms with Gasteiger partial charge in [0.2, 0.25) is 0 Å². The van der Waals surface area contributed by atoms with Gasteiger partial charge in [-0.25, -0.2) is 0 Å². The van der Waals surface area contributed by atoms with E-state index in [1.54, 1.807) is 18.2 Å². The predicted molar refractivity (Wildman–Crippen MR) is 76.7 cm³/mol. The average molecular weight is 285 g/mol. The highest BCUT2D eigenvalue weighted by atomic mass is 35.5. The standard InChI is InChI=1S/C14H21ClN2O2/c1-2-17-5-6-19-13(10-17)9-16-8-11-7-12(15)3-4-14(11)18/h3-4,7,13,16,18H,2,5-6,8-10H2,1H3. The number of rotatable bonds is 5. The highest BCUT2D eigenvalue weighted by molar-refractivity contribution is 6.30. The lowest BCUT2D eigenvalue weighted by Gasteiger charge is -2.32. The molecule has 1 unspecified atom stereocenters. The van der Waals surface area contributed by atoms with Crippen molar-refractivity contribution in [3.8, 4) is 5.75 Å². The van der Waals surface area contributed by atoms with Crippen molar-refractivity contribution in [1.82, 2.24) is 10.2 Å². The largest absolute Gasteiger partial charge is 0.508 e. The number of nitrogens with one attached hydrogen (secondary N) is 1. The summed E-state index contributed by atoms with van der Waals surface area (Å²) in [6.45, 7) is 7.38. The average Bonchev–Trinajstić information content (AvgIpc) is 2.43. The number of ether oxygens (including phenoxy) is 1. The first-order valence-electron chi connectivity index (χ1n) is 6.71. The number of aromatic hydroxyl groups is 1. The van der Waals surface area contributed by atoms with Crippen LogP contribution in [0.3, 0.4) is 0 Å². The summed E-state index contributed by atoms with van der Waals surface area (Å²) in [5.74, 6) is 0.275. The summed E-state index contributed by atoms with van der Waals surface area (Å²) in [6.07, 6.45) is 0.218. The van der Waals surface area contributed by atoms with Crippen LogP contribution in [0.1, 0.15) is 12.5 Å². The molecule has 1 aliphatic rings. The molecule has 0 aliphatic carbocycles. The highest BCUT2D eigenvalue weighted by Crippen LogP contribution is 2.21. The number of morpholine rings is 1. The van der Waals surface area contributed by atoms with Gasteiger partial charge < -0.3 is 15.2 Å². The molecule has 4 nitrogen and oxygen atoms in total. The topological polar surface area (TPSA) is 44.7 Å². The van der Waals surface area contributed by atoms with Crippen molar-refractivity contribution >= 4 is 11.6 Å². The Bertz CT molecular complexity index is 414. The van der Waals surface area contributed by atoms with Crippen molar-refractivity contribution < 1.29 is 9.84 Å². The number of hydrogen-bond donors (Lipinski definition) is 2. The third-order valence-electron chi connectivity index (χ3n) is 3.40. The van der Waals surface area contributed by atoms with E-state index in [-0.39, 0.29) is 11.9 Å². The van der Waals surface area contributed by atoms with Gasteiger partial charge in [-0.1, -0.05) is 18.5 Å². The van der Waals surface area contributed by atoms with Gasteiger partial charge in [-0.05, 0) is 24.7 Å². The molecule has 1 heterocycles. The maximum absolute atomic E-state index is 9.71. The van der Waals surface area contributed by atoms with Crippen LogP contribution in [0.15, 0.2) is 18.2 Å². The summed E-state index contributed by atoms with van der Waals surface area (Å²) in [5.41, 5.74) is 0.815.